The van der Waals surface area contributed by atoms with Gasteiger partial charge >= 0.3 is 0 Å². The van der Waals surface area contributed by atoms with Crippen LogP contribution in [0.3, 0.4) is 0 Å². The fourth-order valence-electron chi connectivity index (χ4n) is 21.5. The SMILES string of the molecule is c1ccc(-c2cccc(-c3cccc(-c4ccc5c6ccccc6c6ccncc6c5c4)c3)c2)cc1.c1ccc(-c2cccc(-c3cccc(-c4ccc5c6ccccc6c6cnccc6c5c4)c3)c2)cc1.c1ccc(-c2cccc(-c3cccc(-c4ccc5c6ccncc6c6ccccc6c5c4)c3)c2)cc1.c1ccc(-c2cccc(-c3cccc(-c4ccc5c6cnccc6c6ccccc6c5c4)c3)c2)cc1. The molecule has 4 aromatic heterocycles. The lowest BCUT2D eigenvalue weighted by Crippen LogP contribution is -1.86. The van der Waals surface area contributed by atoms with E-state index in [2.05, 4.69) is 530 Å². The number of rotatable bonds is 12. The first-order valence-electron chi connectivity index (χ1n) is 49.2. The molecular weight excluding hydrogens is 1740 g/mol. The molecule has 24 aromatic carbocycles. The number of hydrogen-bond donors (Lipinski definition) is 0. The summed E-state index contributed by atoms with van der Waals surface area (Å²) in [5, 5.41) is 30.0. The molecule has 0 spiro atoms. The molecule has 144 heavy (non-hydrogen) atoms. The summed E-state index contributed by atoms with van der Waals surface area (Å²) < 4.78 is 0. The summed E-state index contributed by atoms with van der Waals surface area (Å²) in [5.41, 5.74) is 29.4. The number of nitrogens with zero attached hydrogens (tertiary/aromatic N) is 4. The van der Waals surface area contributed by atoms with E-state index >= 15 is 0 Å². The summed E-state index contributed by atoms with van der Waals surface area (Å²) in [5.74, 6) is 0. The van der Waals surface area contributed by atoms with Crippen LogP contribution in [0.25, 0.3) is 263 Å². The van der Waals surface area contributed by atoms with E-state index in [1.807, 2.05) is 49.6 Å². The van der Waals surface area contributed by atoms with Crippen molar-refractivity contribution < 1.29 is 0 Å². The van der Waals surface area contributed by atoms with E-state index in [1.165, 1.54) is 263 Å². The molecule has 0 saturated carbocycles. The Balaban J connectivity index is 0.000000101. The van der Waals surface area contributed by atoms with Gasteiger partial charge in [0, 0.05) is 71.1 Å². The number of benzene rings is 24. The molecule has 0 atom stereocenters. The van der Waals surface area contributed by atoms with Gasteiger partial charge in [0.15, 0.2) is 0 Å². The van der Waals surface area contributed by atoms with Crippen molar-refractivity contribution in [3.05, 3.63) is 559 Å². The molecule has 0 aliphatic carbocycles. The highest BCUT2D eigenvalue weighted by Gasteiger charge is 2.19. The van der Waals surface area contributed by atoms with Crippen LogP contribution in [0.1, 0.15) is 0 Å². The van der Waals surface area contributed by atoms with Gasteiger partial charge in [-0.15, -0.1) is 0 Å². The molecule has 28 rings (SSSR count). The van der Waals surface area contributed by atoms with Crippen molar-refractivity contribution in [1.29, 1.82) is 0 Å². The van der Waals surface area contributed by atoms with Crippen LogP contribution in [0.5, 0.6) is 0 Å². The minimum absolute atomic E-state index is 1.19. The third-order valence-electron chi connectivity index (χ3n) is 28.5. The van der Waals surface area contributed by atoms with Crippen molar-refractivity contribution in [2.45, 2.75) is 0 Å². The van der Waals surface area contributed by atoms with E-state index in [4.69, 9.17) is 0 Å². The standard InChI is InChI=1S/4C35H23N/c1-2-8-24(9-3-1)25-10-6-11-26(20-25)27-12-7-13-28(21-27)29-16-17-32-33-18-19-36-23-35(33)31-15-5-4-14-30(31)34(32)22-29;1-2-8-24(9-3-1)25-10-6-11-26(20-25)27-12-7-13-28(21-27)29-16-17-32-34(22-29)31-15-5-4-14-30(31)33-18-19-36-23-35(32)33;1-2-8-24(9-3-1)25-10-6-11-26(20-25)27-12-7-13-28(21-27)29-16-17-32-30-14-4-5-15-31(30)35-23-36-19-18-33(35)34(32)22-29;1-2-8-24(9-3-1)25-10-6-11-26(20-25)27-12-7-13-28(21-27)29-16-17-32-30-14-4-5-15-31(30)33-18-19-36-23-35(33)34(32)22-29/h4*1-23H. The fourth-order valence-corrected chi connectivity index (χ4v) is 21.5. The maximum atomic E-state index is 4.46. The second-order valence-electron chi connectivity index (χ2n) is 37.0. The zero-order valence-electron chi connectivity index (χ0n) is 78.9. The van der Waals surface area contributed by atoms with E-state index in [9.17, 15) is 0 Å². The Bertz CT molecular complexity index is 8520. The molecule has 4 heterocycles. The van der Waals surface area contributed by atoms with E-state index in [0.29, 0.717) is 0 Å². The molecular formula is C140H92N4. The summed E-state index contributed by atoms with van der Waals surface area (Å²) in [6.07, 6.45) is 15.5. The van der Waals surface area contributed by atoms with Crippen molar-refractivity contribution in [2.24, 2.45) is 0 Å². The summed E-state index contributed by atoms with van der Waals surface area (Å²) in [6, 6.07) is 183. The molecule has 0 saturated heterocycles. The van der Waals surface area contributed by atoms with Gasteiger partial charge in [-0.1, -0.05) is 413 Å². The van der Waals surface area contributed by atoms with Gasteiger partial charge in [-0.3, -0.25) is 19.9 Å². The van der Waals surface area contributed by atoms with Crippen LogP contribution >= 0.6 is 0 Å². The summed E-state index contributed by atoms with van der Waals surface area (Å²) >= 11 is 0. The molecule has 0 unspecified atom stereocenters. The summed E-state index contributed by atoms with van der Waals surface area (Å²) in [6.45, 7) is 0. The Morgan fingerprint density at radius 3 is 0.410 bits per heavy atom. The van der Waals surface area contributed by atoms with E-state index < -0.39 is 0 Å². The number of pyridine rings is 4. The van der Waals surface area contributed by atoms with Gasteiger partial charge in [0.2, 0.25) is 0 Å². The second-order valence-corrected chi connectivity index (χ2v) is 37.0. The Morgan fingerprint density at radius 1 is 0.0764 bits per heavy atom. The molecule has 4 nitrogen and oxygen atoms in total. The van der Waals surface area contributed by atoms with Crippen LogP contribution in [0.2, 0.25) is 0 Å². The first-order valence-corrected chi connectivity index (χ1v) is 49.2. The normalized spacial score (nSPS) is 11.3. The Kier molecular flexibility index (Phi) is 23.1. The maximum absolute atomic E-state index is 4.46. The largest absolute Gasteiger partial charge is 0.264 e. The first kappa shape index (κ1) is 86.6. The van der Waals surface area contributed by atoms with Crippen LogP contribution < -0.4 is 0 Å². The third-order valence-corrected chi connectivity index (χ3v) is 28.5. The molecule has 672 valence electrons. The Morgan fingerprint density at radius 2 is 0.201 bits per heavy atom. The molecule has 4 heteroatoms. The second kappa shape index (κ2) is 38.4. The Hall–Kier alpha value is -19.0. The van der Waals surface area contributed by atoms with Crippen LogP contribution in [0.15, 0.2) is 559 Å². The van der Waals surface area contributed by atoms with Crippen molar-refractivity contribution in [3.63, 3.8) is 0 Å². The average molecular weight is 1830 g/mol. The van der Waals surface area contributed by atoms with Gasteiger partial charge in [-0.2, -0.15) is 0 Å². The van der Waals surface area contributed by atoms with Gasteiger partial charge in [-0.25, -0.2) is 0 Å². The zero-order chi connectivity index (χ0) is 95.6. The molecule has 0 N–H and O–H groups in total. The van der Waals surface area contributed by atoms with Crippen molar-refractivity contribution in [1.82, 2.24) is 19.9 Å². The number of fused-ring (bicyclic) bond motifs is 24. The Labute approximate surface area is 835 Å². The van der Waals surface area contributed by atoms with Gasteiger partial charge < -0.3 is 0 Å². The first-order chi connectivity index (χ1) is 71.4. The van der Waals surface area contributed by atoms with Gasteiger partial charge in [0.25, 0.3) is 0 Å². The number of aromatic nitrogens is 4. The minimum Gasteiger partial charge on any atom is -0.264 e. The molecule has 0 fully saturated rings. The van der Waals surface area contributed by atoms with Gasteiger partial charge in [0.1, 0.15) is 0 Å². The van der Waals surface area contributed by atoms with Crippen molar-refractivity contribution in [3.8, 4) is 134 Å². The third kappa shape index (κ3) is 16.9. The lowest BCUT2D eigenvalue weighted by molar-refractivity contribution is 1.37. The molecule has 0 radical (unpaired) electrons. The highest BCUT2D eigenvalue weighted by atomic mass is 14.6. The average Bonchev–Trinajstić information content (AvgIpc) is 0.752. The molecule has 0 bridgehead atoms. The minimum atomic E-state index is 1.19. The van der Waals surface area contributed by atoms with Crippen LogP contribution in [-0.4, -0.2) is 19.9 Å². The lowest BCUT2D eigenvalue weighted by Gasteiger charge is -2.12. The topological polar surface area (TPSA) is 51.6 Å². The van der Waals surface area contributed by atoms with E-state index in [1.54, 1.807) is 0 Å². The van der Waals surface area contributed by atoms with Crippen LogP contribution in [0.4, 0.5) is 0 Å². The van der Waals surface area contributed by atoms with Gasteiger partial charge in [0.05, 0.1) is 0 Å². The maximum Gasteiger partial charge on any atom is 0.0352 e. The van der Waals surface area contributed by atoms with Gasteiger partial charge in [-0.05, 0) is 338 Å². The van der Waals surface area contributed by atoms with E-state index in [0.717, 1.165) is 0 Å². The summed E-state index contributed by atoms with van der Waals surface area (Å²) in [4.78, 5) is 17.7. The lowest BCUT2D eigenvalue weighted by atomic mass is 9.92. The fraction of sp³-hybridized carbons (Fsp3) is 0. The molecule has 0 aliphatic heterocycles. The van der Waals surface area contributed by atoms with Crippen LogP contribution in [0, 0.1) is 0 Å². The predicted octanol–water partition coefficient (Wildman–Crippen LogP) is 38.2. The van der Waals surface area contributed by atoms with Crippen molar-refractivity contribution in [2.75, 3.05) is 0 Å². The number of hydrogen-bond acceptors (Lipinski definition) is 4. The highest BCUT2D eigenvalue weighted by molar-refractivity contribution is 6.29. The molecule has 0 amide bonds. The zero-order valence-corrected chi connectivity index (χ0v) is 78.9. The predicted molar refractivity (Wildman–Crippen MR) is 612 cm³/mol. The highest BCUT2D eigenvalue weighted by Crippen LogP contribution is 2.45. The summed E-state index contributed by atoms with van der Waals surface area (Å²) in [7, 11) is 0. The molecule has 28 aromatic rings. The van der Waals surface area contributed by atoms with E-state index in [-0.39, 0.29) is 0 Å². The smallest absolute Gasteiger partial charge is 0.0352 e. The van der Waals surface area contributed by atoms with Crippen LogP contribution in [-0.2, 0) is 0 Å². The molecule has 0 aliphatic rings. The quantitative estimate of drug-likeness (QED) is 0.114. The monoisotopic (exact) mass is 1830 g/mol. The van der Waals surface area contributed by atoms with Crippen molar-refractivity contribution >= 4 is 129 Å².